The summed E-state index contributed by atoms with van der Waals surface area (Å²) in [5.41, 5.74) is 2.68. The van der Waals surface area contributed by atoms with Crippen molar-refractivity contribution in [2.24, 2.45) is 7.05 Å². The molecule has 1 aromatic heterocycles. The number of aryl methyl sites for hydroxylation is 1. The van der Waals surface area contributed by atoms with Gasteiger partial charge in [0.1, 0.15) is 0 Å². The van der Waals surface area contributed by atoms with Crippen molar-refractivity contribution in [2.45, 2.75) is 26.7 Å². The van der Waals surface area contributed by atoms with E-state index in [4.69, 9.17) is 0 Å². The first-order valence-corrected chi connectivity index (χ1v) is 6.20. The van der Waals surface area contributed by atoms with Crippen LogP contribution in [0.15, 0.2) is 18.3 Å². The van der Waals surface area contributed by atoms with Crippen molar-refractivity contribution in [1.82, 2.24) is 4.57 Å². The number of ketones is 1. The Labute approximate surface area is 111 Å². The summed E-state index contributed by atoms with van der Waals surface area (Å²) < 4.78 is 1.90. The maximum atomic E-state index is 11.7. The van der Waals surface area contributed by atoms with Gasteiger partial charge in [0.05, 0.1) is 11.1 Å². The van der Waals surface area contributed by atoms with Crippen LogP contribution in [0.3, 0.4) is 0 Å². The number of hydrogen-bond acceptors (Lipinski definition) is 2. The maximum absolute atomic E-state index is 11.7. The zero-order chi connectivity index (χ0) is 14.3. The van der Waals surface area contributed by atoms with Gasteiger partial charge in [-0.1, -0.05) is 13.8 Å². The summed E-state index contributed by atoms with van der Waals surface area (Å²) in [5.74, 6) is -0.833. The fourth-order valence-electron chi connectivity index (χ4n) is 2.43. The molecular weight excluding hydrogens is 242 g/mol. The van der Waals surface area contributed by atoms with E-state index in [1.165, 1.54) is 6.92 Å². The molecule has 0 saturated heterocycles. The summed E-state index contributed by atoms with van der Waals surface area (Å²) >= 11 is 0. The number of carboxylic acids is 1. The molecule has 0 aliphatic rings. The number of nitrogens with zero attached hydrogens (tertiary/aromatic N) is 1. The zero-order valence-electron chi connectivity index (χ0n) is 11.5. The summed E-state index contributed by atoms with van der Waals surface area (Å²) in [6, 6.07) is 3.28. The number of Topliss-reactive ketones (excluding diaryl/α,β-unsaturated/α-hetero) is 1. The van der Waals surface area contributed by atoms with Gasteiger partial charge in [0.15, 0.2) is 5.78 Å². The van der Waals surface area contributed by atoms with Gasteiger partial charge in [0, 0.05) is 24.2 Å². The van der Waals surface area contributed by atoms with Crippen molar-refractivity contribution in [1.29, 1.82) is 0 Å². The quantitative estimate of drug-likeness (QED) is 0.861. The van der Waals surface area contributed by atoms with E-state index in [9.17, 15) is 14.7 Å². The maximum Gasteiger partial charge on any atom is 0.335 e. The van der Waals surface area contributed by atoms with Gasteiger partial charge >= 0.3 is 5.97 Å². The first kappa shape index (κ1) is 13.3. The number of carboxylic acid groups (broad SMARTS) is 1. The molecule has 0 unspecified atom stereocenters. The van der Waals surface area contributed by atoms with Crippen LogP contribution in [0, 0.1) is 0 Å². The van der Waals surface area contributed by atoms with Gasteiger partial charge < -0.3 is 9.67 Å². The second-order valence-corrected chi connectivity index (χ2v) is 5.13. The molecule has 100 valence electrons. The van der Waals surface area contributed by atoms with Crippen molar-refractivity contribution < 1.29 is 14.7 Å². The predicted octanol–water partition coefficient (Wildman–Crippen LogP) is 3.20. The molecule has 0 aliphatic heterocycles. The van der Waals surface area contributed by atoms with E-state index in [-0.39, 0.29) is 17.3 Å². The summed E-state index contributed by atoms with van der Waals surface area (Å²) in [4.78, 5) is 22.9. The minimum atomic E-state index is -0.970. The molecule has 1 heterocycles. The van der Waals surface area contributed by atoms with Crippen LogP contribution in [0.4, 0.5) is 0 Å². The standard InChI is InChI=1S/C15H17NO3/c1-8(2)11-5-10(15(18)19)6-12-13(9(3)17)7-16(4)14(11)12/h5-8H,1-4H3,(H,18,19). The van der Waals surface area contributed by atoms with Crippen LogP contribution in [-0.2, 0) is 7.05 Å². The van der Waals surface area contributed by atoms with E-state index in [2.05, 4.69) is 0 Å². The SMILES string of the molecule is CC(=O)c1cn(C)c2c(C(C)C)cc(C(=O)O)cc12. The second kappa shape index (κ2) is 4.53. The van der Waals surface area contributed by atoms with Gasteiger partial charge in [0.2, 0.25) is 0 Å². The molecule has 0 bridgehead atoms. The Bertz CT molecular complexity index is 680. The number of aromatic nitrogens is 1. The molecule has 4 heteroatoms. The first-order valence-electron chi connectivity index (χ1n) is 6.20. The fraction of sp³-hybridized carbons (Fsp3) is 0.333. The molecule has 19 heavy (non-hydrogen) atoms. The Kier molecular flexibility index (Phi) is 3.18. The summed E-state index contributed by atoms with van der Waals surface area (Å²) in [6.07, 6.45) is 1.77. The van der Waals surface area contributed by atoms with Crippen molar-refractivity contribution in [3.63, 3.8) is 0 Å². The highest BCUT2D eigenvalue weighted by Gasteiger charge is 2.18. The molecule has 0 aliphatic carbocycles. The lowest BCUT2D eigenvalue weighted by molar-refractivity contribution is 0.0696. The highest BCUT2D eigenvalue weighted by Crippen LogP contribution is 2.30. The van der Waals surface area contributed by atoms with Crippen LogP contribution in [0.5, 0.6) is 0 Å². The lowest BCUT2D eigenvalue weighted by Crippen LogP contribution is -2.01. The smallest absolute Gasteiger partial charge is 0.335 e. The molecule has 0 radical (unpaired) electrons. The van der Waals surface area contributed by atoms with Crippen molar-refractivity contribution in [2.75, 3.05) is 0 Å². The molecule has 1 aromatic carbocycles. The normalized spacial score (nSPS) is 11.2. The number of hydrogen-bond donors (Lipinski definition) is 1. The molecular formula is C15H17NO3. The number of fused-ring (bicyclic) bond motifs is 1. The second-order valence-electron chi connectivity index (χ2n) is 5.13. The lowest BCUT2D eigenvalue weighted by Gasteiger charge is -2.11. The highest BCUT2D eigenvalue weighted by molar-refractivity contribution is 6.09. The molecule has 2 aromatic rings. The molecule has 0 atom stereocenters. The van der Waals surface area contributed by atoms with Gasteiger partial charge in [-0.2, -0.15) is 0 Å². The zero-order valence-corrected chi connectivity index (χ0v) is 11.5. The van der Waals surface area contributed by atoms with E-state index in [0.717, 1.165) is 16.5 Å². The lowest BCUT2D eigenvalue weighted by atomic mass is 9.96. The molecule has 0 saturated carbocycles. The molecule has 4 nitrogen and oxygen atoms in total. The Balaban J connectivity index is 2.92. The molecule has 0 spiro atoms. The van der Waals surface area contributed by atoms with Crippen LogP contribution in [-0.4, -0.2) is 21.4 Å². The van der Waals surface area contributed by atoms with Crippen LogP contribution >= 0.6 is 0 Å². The van der Waals surface area contributed by atoms with Gasteiger partial charge in [-0.3, -0.25) is 4.79 Å². The monoisotopic (exact) mass is 259 g/mol. The molecule has 1 N–H and O–H groups in total. The fourth-order valence-corrected chi connectivity index (χ4v) is 2.43. The topological polar surface area (TPSA) is 59.3 Å². The largest absolute Gasteiger partial charge is 0.478 e. The van der Waals surface area contributed by atoms with Crippen LogP contribution in [0.25, 0.3) is 10.9 Å². The van der Waals surface area contributed by atoms with E-state index < -0.39 is 5.97 Å². The Hall–Kier alpha value is -2.10. The Morgan fingerprint density at radius 1 is 1.26 bits per heavy atom. The van der Waals surface area contributed by atoms with Gasteiger partial charge in [-0.05, 0) is 30.5 Å². The van der Waals surface area contributed by atoms with Crippen LogP contribution in [0.1, 0.15) is 53.0 Å². The third-order valence-corrected chi connectivity index (χ3v) is 3.35. The van der Waals surface area contributed by atoms with Gasteiger partial charge in [-0.25, -0.2) is 4.79 Å². The number of carbonyl (C=O) groups excluding carboxylic acids is 1. The predicted molar refractivity (Wildman–Crippen MR) is 74.0 cm³/mol. The van der Waals surface area contributed by atoms with Crippen molar-refractivity contribution >= 4 is 22.7 Å². The summed E-state index contributed by atoms with van der Waals surface area (Å²) in [6.45, 7) is 5.53. The molecule has 2 rings (SSSR count). The molecule has 0 fully saturated rings. The minimum absolute atomic E-state index is 0.0529. The van der Waals surface area contributed by atoms with E-state index in [0.29, 0.717) is 5.56 Å². The third kappa shape index (κ3) is 2.14. The number of aromatic carboxylic acids is 1. The Morgan fingerprint density at radius 2 is 1.89 bits per heavy atom. The number of carbonyl (C=O) groups is 2. The number of benzene rings is 1. The third-order valence-electron chi connectivity index (χ3n) is 3.35. The highest BCUT2D eigenvalue weighted by atomic mass is 16.4. The van der Waals surface area contributed by atoms with Crippen LogP contribution in [0.2, 0.25) is 0 Å². The molecule has 0 amide bonds. The Morgan fingerprint density at radius 3 is 2.37 bits per heavy atom. The average Bonchev–Trinajstić information content (AvgIpc) is 2.65. The van der Waals surface area contributed by atoms with Crippen molar-refractivity contribution in [3.8, 4) is 0 Å². The van der Waals surface area contributed by atoms with E-state index in [1.54, 1.807) is 18.3 Å². The summed E-state index contributed by atoms with van der Waals surface area (Å²) in [5, 5.41) is 9.92. The minimum Gasteiger partial charge on any atom is -0.478 e. The van der Waals surface area contributed by atoms with Gasteiger partial charge in [0.25, 0.3) is 0 Å². The number of rotatable bonds is 3. The van der Waals surface area contributed by atoms with Gasteiger partial charge in [-0.15, -0.1) is 0 Å². The van der Waals surface area contributed by atoms with E-state index >= 15 is 0 Å². The first-order chi connectivity index (χ1) is 8.82. The average molecular weight is 259 g/mol. The van der Waals surface area contributed by atoms with E-state index in [1.807, 2.05) is 25.5 Å². The summed E-state index contributed by atoms with van der Waals surface area (Å²) in [7, 11) is 1.88. The van der Waals surface area contributed by atoms with Crippen molar-refractivity contribution in [3.05, 3.63) is 35.0 Å². The van der Waals surface area contributed by atoms with Crippen LogP contribution < -0.4 is 0 Å².